The summed E-state index contributed by atoms with van der Waals surface area (Å²) in [7, 11) is 0.0365. The molecule has 0 spiro atoms. The normalized spacial score (nSPS) is 29.7. The molecular weight excluding hydrogens is 1110 g/mol. The van der Waals surface area contributed by atoms with E-state index in [9.17, 15) is 49.9 Å². The molecule has 7 rings (SSSR count). The Bertz CT molecular complexity index is 2100. The molecule has 23 heteroatoms. The minimum Gasteiger partial charge on any atom is -0.479 e. The number of carbonyl (C=O) groups is 3. The smallest absolute Gasteiger partial charge is 0.343 e. The standard InChI is InChI=1S/C14H15NO7.C14H14NO6P.C13H22O4Si.I2/c16-11-7-14(19,13(17)18)6-5-12(11)22-8-9-1-3-10(4-2-9)15(20)21;16-13-14(21-22)6-5-11(12(7-14)20-13)19-8-9-1-3-10(4-2-9)15(17)18;1-12(2,3)18(4,5)17-13-7-6-9(14)10(8-13)16-11(13)15;1-2/h1-6,11-12,16,19H,7-8H2,(H,17,18);1-6,11-12H,7-8,22H2;6-7,9-10,14H,8H2,1-5H3;/t2*11-,12-,14+;9-,10-,13-;/m111./s1. The zero-order valence-corrected chi connectivity index (χ0v) is 41.9. The Morgan fingerprint density at radius 2 is 1.25 bits per heavy atom. The summed E-state index contributed by atoms with van der Waals surface area (Å²) in [4.78, 5) is 54.9. The Labute approximate surface area is 395 Å². The molecule has 0 amide bonds. The maximum atomic E-state index is 12.0. The van der Waals surface area contributed by atoms with Gasteiger partial charge in [0.2, 0.25) is 0 Å². The van der Waals surface area contributed by atoms with Gasteiger partial charge in [-0.2, -0.15) is 0 Å². The number of ether oxygens (including phenoxy) is 4. The van der Waals surface area contributed by atoms with Crippen molar-refractivity contribution in [1.29, 1.82) is 0 Å². The second-order valence-electron chi connectivity index (χ2n) is 17.0. The van der Waals surface area contributed by atoms with E-state index in [1.54, 1.807) is 36.4 Å². The van der Waals surface area contributed by atoms with E-state index in [-0.39, 0.29) is 54.2 Å². The first-order chi connectivity index (χ1) is 29.9. The van der Waals surface area contributed by atoms with E-state index in [0.29, 0.717) is 18.4 Å². The number of esters is 2. The fourth-order valence-corrected chi connectivity index (χ4v) is 8.49. The predicted octanol–water partition coefficient (Wildman–Crippen LogP) is 6.29. The molecule has 4 N–H and O–H groups in total. The number of hydrogen-bond donors (Lipinski definition) is 4. The first kappa shape index (κ1) is 53.3. The van der Waals surface area contributed by atoms with Crippen LogP contribution in [-0.2, 0) is 55.5 Å². The number of nitro groups is 2. The zero-order chi connectivity index (χ0) is 47.8. The van der Waals surface area contributed by atoms with Gasteiger partial charge < -0.3 is 48.3 Å². The number of aliphatic hydroxyl groups is 3. The van der Waals surface area contributed by atoms with Crippen LogP contribution in [0.2, 0.25) is 18.1 Å². The second kappa shape index (κ2) is 22.0. The lowest BCUT2D eigenvalue weighted by molar-refractivity contribution is -0.385. The molecule has 0 saturated carbocycles. The van der Waals surface area contributed by atoms with Crippen LogP contribution in [0.5, 0.6) is 0 Å². The van der Waals surface area contributed by atoms with Crippen LogP contribution in [-0.4, -0.2) is 110 Å². The monoisotopic (exact) mass is 1160 g/mol. The molecule has 5 aliphatic rings. The van der Waals surface area contributed by atoms with Gasteiger partial charge in [-0.1, -0.05) is 39.0 Å². The summed E-state index contributed by atoms with van der Waals surface area (Å²) in [5, 5.41) is 59.3. The highest BCUT2D eigenvalue weighted by Gasteiger charge is 2.57. The predicted molar refractivity (Wildman–Crippen MR) is 252 cm³/mol. The molecule has 64 heavy (non-hydrogen) atoms. The van der Waals surface area contributed by atoms with Crippen LogP contribution in [0.15, 0.2) is 85.0 Å². The Kier molecular flexibility index (Phi) is 18.3. The van der Waals surface area contributed by atoms with Crippen LogP contribution in [0.4, 0.5) is 11.4 Å². The summed E-state index contributed by atoms with van der Waals surface area (Å²) < 4.78 is 33.1. The lowest BCUT2D eigenvalue weighted by atomic mass is 9.87. The molecule has 3 aliphatic carbocycles. The van der Waals surface area contributed by atoms with Gasteiger partial charge in [-0.3, -0.25) is 20.2 Å². The molecule has 2 aromatic rings. The molecule has 350 valence electrons. The van der Waals surface area contributed by atoms with E-state index in [1.165, 1.54) is 42.5 Å². The highest BCUT2D eigenvalue weighted by atomic mass is 128. The van der Waals surface area contributed by atoms with Crippen molar-refractivity contribution >= 4 is 84.3 Å². The van der Waals surface area contributed by atoms with Crippen LogP contribution >= 0.6 is 46.7 Å². The van der Waals surface area contributed by atoms with Crippen LogP contribution in [0.3, 0.4) is 0 Å². The molecule has 0 aromatic heterocycles. The highest BCUT2D eigenvalue weighted by Crippen LogP contribution is 2.45. The molecule has 2 fully saturated rings. The molecular formula is C41H51I2N2O17PSi. The number of halogens is 2. The van der Waals surface area contributed by atoms with Crippen molar-refractivity contribution in [3.63, 3.8) is 0 Å². The number of aliphatic carboxylic acids is 1. The van der Waals surface area contributed by atoms with Crippen LogP contribution in [0.25, 0.3) is 0 Å². The largest absolute Gasteiger partial charge is 0.479 e. The number of benzene rings is 2. The van der Waals surface area contributed by atoms with Gasteiger partial charge in [0.1, 0.15) is 30.5 Å². The Morgan fingerprint density at radius 3 is 1.72 bits per heavy atom. The number of rotatable bonds is 12. The number of aliphatic hydroxyl groups excluding tert-OH is 2. The van der Waals surface area contributed by atoms with Gasteiger partial charge in [-0.05, 0) is 71.8 Å². The van der Waals surface area contributed by atoms with Crippen molar-refractivity contribution < 1.29 is 72.6 Å². The highest BCUT2D eigenvalue weighted by molar-refractivity contribution is 15.0. The number of nitrogens with zero attached hydrogens (tertiary/aromatic N) is 2. The molecule has 0 radical (unpaired) electrons. The van der Waals surface area contributed by atoms with Crippen LogP contribution in [0, 0.1) is 20.2 Å². The van der Waals surface area contributed by atoms with E-state index >= 15 is 0 Å². The average molecular weight is 1160 g/mol. The van der Waals surface area contributed by atoms with Crippen molar-refractivity contribution in [1.82, 2.24) is 0 Å². The minimum atomic E-state index is -2.09. The summed E-state index contributed by atoms with van der Waals surface area (Å²) in [6, 6.07) is 11.9. The van der Waals surface area contributed by atoms with Crippen molar-refractivity contribution in [2.45, 2.75) is 125 Å². The third-order valence-electron chi connectivity index (χ3n) is 11.5. The van der Waals surface area contributed by atoms with Gasteiger partial charge in [-0.15, -0.1) is 0 Å². The molecule has 2 heterocycles. The summed E-state index contributed by atoms with van der Waals surface area (Å²) in [5.41, 5.74) is -2.59. The average Bonchev–Trinajstić information content (AvgIpc) is 3.67. The van der Waals surface area contributed by atoms with Gasteiger partial charge in [0.25, 0.3) is 11.4 Å². The Morgan fingerprint density at radius 1 is 0.797 bits per heavy atom. The number of carbonyl (C=O) groups excluding carboxylic acids is 2. The second-order valence-corrected chi connectivity index (χ2v) is 22.0. The zero-order valence-electron chi connectivity index (χ0n) is 35.4. The number of fused-ring (bicyclic) bond motifs is 4. The quantitative estimate of drug-likeness (QED) is 0.0346. The van der Waals surface area contributed by atoms with Crippen molar-refractivity contribution in [3.8, 4) is 0 Å². The van der Waals surface area contributed by atoms with Gasteiger partial charge in [0, 0.05) is 90.2 Å². The Balaban J connectivity index is 0.000000207. The first-order valence-electron chi connectivity index (χ1n) is 19.7. The summed E-state index contributed by atoms with van der Waals surface area (Å²) in [6.07, 6.45) is 5.77. The van der Waals surface area contributed by atoms with E-state index in [1.807, 2.05) is 0 Å². The summed E-state index contributed by atoms with van der Waals surface area (Å²) in [5.74, 6) is -2.20. The lowest BCUT2D eigenvalue weighted by Crippen LogP contribution is -2.52. The van der Waals surface area contributed by atoms with Gasteiger partial charge >= 0.3 is 17.9 Å². The Hall–Kier alpha value is -3.30. The van der Waals surface area contributed by atoms with Crippen molar-refractivity contribution in [2.24, 2.45) is 0 Å². The molecule has 19 nitrogen and oxygen atoms in total. The number of non-ortho nitro benzene ring substituents is 2. The molecule has 4 bridgehead atoms. The van der Waals surface area contributed by atoms with Gasteiger partial charge in [0.05, 0.1) is 29.2 Å². The third-order valence-corrected chi connectivity index (χ3v) is 16.5. The fourth-order valence-electron chi connectivity index (χ4n) is 6.77. The van der Waals surface area contributed by atoms with Crippen molar-refractivity contribution in [3.05, 3.63) is 116 Å². The number of carboxylic acid groups (broad SMARTS) is 1. The fraction of sp³-hybridized carbons (Fsp3) is 0.488. The lowest BCUT2D eigenvalue weighted by Gasteiger charge is -2.41. The van der Waals surface area contributed by atoms with E-state index < -0.39 is 71.3 Å². The number of carboxylic acids is 1. The van der Waals surface area contributed by atoms with Gasteiger partial charge in [0.15, 0.2) is 25.1 Å². The molecule has 2 saturated heterocycles. The summed E-state index contributed by atoms with van der Waals surface area (Å²) >= 11 is 4.24. The van der Waals surface area contributed by atoms with E-state index in [0.717, 1.165) is 11.6 Å². The van der Waals surface area contributed by atoms with E-state index in [4.69, 9.17) is 33.0 Å². The van der Waals surface area contributed by atoms with E-state index in [2.05, 4.69) is 80.6 Å². The summed E-state index contributed by atoms with van der Waals surface area (Å²) in [6.45, 7) is 11.0. The maximum absolute atomic E-state index is 12.0. The molecule has 2 aliphatic heterocycles. The molecule has 10 atom stereocenters. The maximum Gasteiger partial charge on any atom is 0.343 e. The SMILES string of the molecule is CC(C)(C)[Si](C)(C)O[C@]12C=C[C@@H](O)[C@@H](C1)OC2=O.II.O=C(O)[C@]1(O)C=C[C@@H](OCc2ccc([N+](=O)[O-])cc2)[C@H](O)C1.O=C1O[C@@H]2C[C@@]1(OP)C=C[C@H]2OCc1ccc([N+](=O)[O-])cc1. The number of hydrogen-bond acceptors (Lipinski definition) is 16. The number of nitro benzene ring substituents is 2. The third kappa shape index (κ3) is 12.8. The van der Waals surface area contributed by atoms with Crippen molar-refractivity contribution in [2.75, 3.05) is 0 Å². The topological polar surface area (TPSA) is 274 Å². The van der Waals surface area contributed by atoms with Crippen LogP contribution < -0.4 is 0 Å². The van der Waals surface area contributed by atoms with Crippen LogP contribution in [0.1, 0.15) is 51.2 Å². The minimum absolute atomic E-state index is 0.0318. The molecule has 1 unspecified atom stereocenters. The first-order valence-corrected chi connectivity index (χ1v) is 29.3. The van der Waals surface area contributed by atoms with Gasteiger partial charge in [-0.25, -0.2) is 14.4 Å². The molecule has 2 aromatic carbocycles.